The molecule has 2 aromatic rings. The summed E-state index contributed by atoms with van der Waals surface area (Å²) >= 11 is 0. The summed E-state index contributed by atoms with van der Waals surface area (Å²) in [5.41, 5.74) is 3.67. The van der Waals surface area contributed by atoms with E-state index in [-0.39, 0.29) is 0 Å². The van der Waals surface area contributed by atoms with E-state index in [1.165, 1.54) is 36.8 Å². The molecule has 29 heavy (non-hydrogen) atoms. The molecule has 2 aromatic carbocycles. The van der Waals surface area contributed by atoms with E-state index in [4.69, 9.17) is 9.47 Å². The number of likely N-dealkylation sites (tertiary alicyclic amines) is 1. The molecule has 1 unspecified atom stereocenters. The van der Waals surface area contributed by atoms with Gasteiger partial charge in [-0.25, -0.2) is 0 Å². The van der Waals surface area contributed by atoms with Crippen molar-refractivity contribution in [2.24, 2.45) is 0 Å². The van der Waals surface area contributed by atoms with Crippen molar-refractivity contribution < 1.29 is 13.7 Å². The van der Waals surface area contributed by atoms with E-state index in [0.29, 0.717) is 12.0 Å². The molecule has 2 heterocycles. The molecule has 0 aliphatic carbocycles. The number of hydrogen-bond acceptors (Lipinski definition) is 4. The Hall–Kier alpha value is -1.69. The largest absolute Gasteiger partial charge is 0.496 e. The lowest BCUT2D eigenvalue weighted by atomic mass is 9.86. The minimum Gasteiger partial charge on any atom is -0.496 e. The summed E-state index contributed by atoms with van der Waals surface area (Å²) in [7, 11) is 0.820. The standard InChI is InChI=1S/C24H31NO3S/c1-27-24-8-5-20(18-3-6-22(7-4-18)29(2)26)17-23(24)19-9-13-25(14-10-19)21-11-15-28-16-12-21/h3-8,17,19,21H,9-16H2,1-2H3. The molecular formula is C24H31NO3S. The molecule has 0 amide bonds. The lowest BCUT2D eigenvalue weighted by Gasteiger charge is -2.39. The second kappa shape index (κ2) is 9.41. The minimum absolute atomic E-state index is 0.531. The molecule has 0 aromatic heterocycles. The molecule has 2 aliphatic rings. The Bertz CT molecular complexity index is 838. The highest BCUT2D eigenvalue weighted by Gasteiger charge is 2.28. The third-order valence-corrected chi connectivity index (χ3v) is 7.36. The first-order chi connectivity index (χ1) is 14.2. The fourth-order valence-electron chi connectivity index (χ4n) is 4.70. The summed E-state index contributed by atoms with van der Waals surface area (Å²) in [6.45, 7) is 4.12. The van der Waals surface area contributed by atoms with Gasteiger partial charge in [0.1, 0.15) is 5.75 Å². The monoisotopic (exact) mass is 413 g/mol. The van der Waals surface area contributed by atoms with Crippen molar-refractivity contribution in [3.05, 3.63) is 48.0 Å². The van der Waals surface area contributed by atoms with Crippen LogP contribution in [-0.4, -0.2) is 54.8 Å². The van der Waals surface area contributed by atoms with Crippen LogP contribution in [0, 0.1) is 0 Å². The highest BCUT2D eigenvalue weighted by molar-refractivity contribution is 7.84. The first-order valence-electron chi connectivity index (χ1n) is 10.6. The molecule has 0 spiro atoms. The van der Waals surface area contributed by atoms with Gasteiger partial charge in [0.15, 0.2) is 0 Å². The third-order valence-electron chi connectivity index (χ3n) is 6.43. The second-order valence-corrected chi connectivity index (χ2v) is 9.47. The zero-order valence-corrected chi connectivity index (χ0v) is 18.2. The average molecular weight is 414 g/mol. The number of rotatable bonds is 5. The van der Waals surface area contributed by atoms with Gasteiger partial charge in [-0.15, -0.1) is 0 Å². The Balaban J connectivity index is 1.51. The maximum absolute atomic E-state index is 11.7. The SMILES string of the molecule is COc1ccc(-c2ccc(S(C)=O)cc2)cc1C1CCN(C2CCOCC2)CC1. The second-order valence-electron chi connectivity index (χ2n) is 8.09. The molecular weight excluding hydrogens is 382 g/mol. The maximum Gasteiger partial charge on any atom is 0.122 e. The van der Waals surface area contributed by atoms with Crippen molar-refractivity contribution in [1.82, 2.24) is 4.90 Å². The summed E-state index contributed by atoms with van der Waals surface area (Å²) in [5, 5.41) is 0. The van der Waals surface area contributed by atoms with Crippen LogP contribution in [0.15, 0.2) is 47.4 Å². The van der Waals surface area contributed by atoms with Crippen molar-refractivity contribution in [2.75, 3.05) is 39.7 Å². The summed E-state index contributed by atoms with van der Waals surface area (Å²) in [4.78, 5) is 3.53. The molecule has 0 N–H and O–H groups in total. The Kier molecular flexibility index (Phi) is 6.68. The Morgan fingerprint density at radius 1 is 0.966 bits per heavy atom. The highest BCUT2D eigenvalue weighted by atomic mass is 32.2. The number of nitrogens with zero attached hydrogens (tertiary/aromatic N) is 1. The van der Waals surface area contributed by atoms with Crippen LogP contribution in [-0.2, 0) is 15.5 Å². The summed E-state index contributed by atoms with van der Waals surface area (Å²) in [6, 6.07) is 15.3. The summed E-state index contributed by atoms with van der Waals surface area (Å²) in [5.74, 6) is 1.52. The quantitative estimate of drug-likeness (QED) is 0.726. The zero-order chi connectivity index (χ0) is 20.2. The van der Waals surface area contributed by atoms with Gasteiger partial charge in [0.2, 0.25) is 0 Å². The van der Waals surface area contributed by atoms with Crippen LogP contribution >= 0.6 is 0 Å². The summed E-state index contributed by atoms with van der Waals surface area (Å²) < 4.78 is 22.9. The van der Waals surface area contributed by atoms with Crippen LogP contribution in [0.25, 0.3) is 11.1 Å². The Morgan fingerprint density at radius 3 is 2.24 bits per heavy atom. The Labute approximate surface area is 176 Å². The van der Waals surface area contributed by atoms with Crippen molar-refractivity contribution >= 4 is 10.8 Å². The van der Waals surface area contributed by atoms with Gasteiger partial charge in [0, 0.05) is 41.2 Å². The van der Waals surface area contributed by atoms with Gasteiger partial charge in [-0.05, 0) is 85.6 Å². The van der Waals surface area contributed by atoms with Crippen LogP contribution in [0.4, 0.5) is 0 Å². The number of ether oxygens (including phenoxy) is 2. The topological polar surface area (TPSA) is 38.8 Å². The van der Waals surface area contributed by atoms with E-state index in [1.807, 2.05) is 12.1 Å². The predicted molar refractivity (Wildman–Crippen MR) is 118 cm³/mol. The lowest BCUT2D eigenvalue weighted by molar-refractivity contribution is 0.0251. The smallest absolute Gasteiger partial charge is 0.122 e. The lowest BCUT2D eigenvalue weighted by Crippen LogP contribution is -2.43. The van der Waals surface area contributed by atoms with Crippen LogP contribution in [0.2, 0.25) is 0 Å². The van der Waals surface area contributed by atoms with Crippen molar-refractivity contribution in [3.8, 4) is 16.9 Å². The van der Waals surface area contributed by atoms with Crippen molar-refractivity contribution in [2.45, 2.75) is 42.5 Å². The van der Waals surface area contributed by atoms with Gasteiger partial charge in [-0.3, -0.25) is 4.21 Å². The molecule has 2 saturated heterocycles. The normalized spacial score (nSPS) is 20.5. The number of methoxy groups -OCH3 is 1. The molecule has 1 atom stereocenters. The summed E-state index contributed by atoms with van der Waals surface area (Å²) in [6.07, 6.45) is 6.40. The van der Waals surface area contributed by atoms with Gasteiger partial charge in [-0.2, -0.15) is 0 Å². The molecule has 0 radical (unpaired) electrons. The maximum atomic E-state index is 11.7. The number of piperidine rings is 1. The predicted octanol–water partition coefficient (Wildman–Crippen LogP) is 4.46. The number of hydrogen-bond donors (Lipinski definition) is 0. The first-order valence-corrected chi connectivity index (χ1v) is 12.1. The van der Waals surface area contributed by atoms with Gasteiger partial charge in [-0.1, -0.05) is 18.2 Å². The first kappa shape index (κ1) is 20.6. The molecule has 5 heteroatoms. The van der Waals surface area contributed by atoms with E-state index in [9.17, 15) is 4.21 Å². The molecule has 0 saturated carbocycles. The molecule has 4 nitrogen and oxygen atoms in total. The van der Waals surface area contributed by atoms with E-state index >= 15 is 0 Å². The van der Waals surface area contributed by atoms with Gasteiger partial charge in [0.25, 0.3) is 0 Å². The molecule has 2 aliphatic heterocycles. The van der Waals surface area contributed by atoms with E-state index < -0.39 is 10.8 Å². The Morgan fingerprint density at radius 2 is 1.62 bits per heavy atom. The van der Waals surface area contributed by atoms with Crippen molar-refractivity contribution in [3.63, 3.8) is 0 Å². The van der Waals surface area contributed by atoms with Crippen LogP contribution in [0.5, 0.6) is 5.75 Å². The van der Waals surface area contributed by atoms with Crippen molar-refractivity contribution in [1.29, 1.82) is 0 Å². The van der Waals surface area contributed by atoms with E-state index in [1.54, 1.807) is 13.4 Å². The van der Waals surface area contributed by atoms with Crippen LogP contribution < -0.4 is 4.74 Å². The minimum atomic E-state index is -0.945. The van der Waals surface area contributed by atoms with Gasteiger partial charge < -0.3 is 14.4 Å². The van der Waals surface area contributed by atoms with Gasteiger partial charge >= 0.3 is 0 Å². The third kappa shape index (κ3) is 4.73. The fraction of sp³-hybridized carbons (Fsp3) is 0.500. The highest BCUT2D eigenvalue weighted by Crippen LogP contribution is 2.38. The molecule has 4 rings (SSSR count). The van der Waals surface area contributed by atoms with Crippen LogP contribution in [0.3, 0.4) is 0 Å². The average Bonchev–Trinajstić information content (AvgIpc) is 2.79. The zero-order valence-electron chi connectivity index (χ0n) is 17.4. The van der Waals surface area contributed by atoms with E-state index in [0.717, 1.165) is 42.5 Å². The molecule has 156 valence electrons. The number of benzene rings is 2. The van der Waals surface area contributed by atoms with E-state index in [2.05, 4.69) is 35.2 Å². The molecule has 0 bridgehead atoms. The molecule has 2 fully saturated rings. The fourth-order valence-corrected chi connectivity index (χ4v) is 5.22. The van der Waals surface area contributed by atoms with Gasteiger partial charge in [0.05, 0.1) is 7.11 Å². The van der Waals surface area contributed by atoms with Crippen LogP contribution in [0.1, 0.15) is 37.2 Å².